The minimum atomic E-state index is -0.241. The zero-order valence-electron chi connectivity index (χ0n) is 12.0. The van der Waals surface area contributed by atoms with Crippen molar-refractivity contribution in [3.05, 3.63) is 22.4 Å². The largest absolute Gasteiger partial charge is 0.317 e. The van der Waals surface area contributed by atoms with Crippen molar-refractivity contribution in [2.24, 2.45) is 5.92 Å². The van der Waals surface area contributed by atoms with E-state index in [-0.39, 0.29) is 11.7 Å². The molecule has 3 atom stereocenters. The number of nitrogens with zero attached hydrogens (tertiary/aromatic N) is 1. The molecule has 1 aliphatic heterocycles. The second-order valence-corrected chi connectivity index (χ2v) is 7.51. The van der Waals surface area contributed by atoms with E-state index in [0.29, 0.717) is 11.9 Å². The van der Waals surface area contributed by atoms with Crippen LogP contribution in [0.25, 0.3) is 0 Å². The van der Waals surface area contributed by atoms with Crippen molar-refractivity contribution in [1.82, 2.24) is 10.2 Å². The Labute approximate surface area is 124 Å². The van der Waals surface area contributed by atoms with E-state index in [4.69, 9.17) is 0 Å². The topological polar surface area (TPSA) is 32.3 Å². The molecule has 0 radical (unpaired) electrons. The summed E-state index contributed by atoms with van der Waals surface area (Å²) in [4.78, 5) is 16.5. The van der Waals surface area contributed by atoms with Gasteiger partial charge in [-0.3, -0.25) is 10.1 Å². The van der Waals surface area contributed by atoms with E-state index < -0.39 is 0 Å². The molecule has 1 amide bonds. The van der Waals surface area contributed by atoms with Crippen LogP contribution in [0.5, 0.6) is 0 Å². The summed E-state index contributed by atoms with van der Waals surface area (Å²) < 4.78 is 0. The highest BCUT2D eigenvalue weighted by Crippen LogP contribution is 2.49. The summed E-state index contributed by atoms with van der Waals surface area (Å²) in [5, 5.41) is 5.84. The molecule has 2 aliphatic carbocycles. The van der Waals surface area contributed by atoms with Gasteiger partial charge in [-0.05, 0) is 36.6 Å². The van der Waals surface area contributed by atoms with Gasteiger partial charge in [0.25, 0.3) is 0 Å². The quantitative estimate of drug-likeness (QED) is 0.926. The van der Waals surface area contributed by atoms with Gasteiger partial charge in [-0.1, -0.05) is 32.3 Å². The van der Waals surface area contributed by atoms with Crippen LogP contribution in [0, 0.1) is 5.92 Å². The molecular formula is C16H22N2OS. The minimum Gasteiger partial charge on any atom is -0.317 e. The number of amides is 1. The van der Waals surface area contributed by atoms with Crippen molar-refractivity contribution in [2.45, 2.75) is 63.2 Å². The van der Waals surface area contributed by atoms with Crippen LogP contribution in [0.2, 0.25) is 0 Å². The fraction of sp³-hybridized carbons (Fsp3) is 0.688. The summed E-state index contributed by atoms with van der Waals surface area (Å²) in [6, 6.07) is 4.74. The average molecular weight is 290 g/mol. The van der Waals surface area contributed by atoms with Gasteiger partial charge in [0.15, 0.2) is 0 Å². The fourth-order valence-corrected chi connectivity index (χ4v) is 4.88. The second-order valence-electron chi connectivity index (χ2n) is 6.54. The second kappa shape index (κ2) is 4.57. The Morgan fingerprint density at radius 1 is 1.45 bits per heavy atom. The third-order valence-corrected chi connectivity index (χ3v) is 6.30. The third kappa shape index (κ3) is 1.77. The first-order valence-corrected chi connectivity index (χ1v) is 8.77. The highest BCUT2D eigenvalue weighted by molar-refractivity contribution is 7.10. The van der Waals surface area contributed by atoms with Crippen LogP contribution in [0.3, 0.4) is 0 Å². The Balaban J connectivity index is 1.67. The zero-order chi connectivity index (χ0) is 13.7. The first-order valence-electron chi connectivity index (χ1n) is 7.89. The van der Waals surface area contributed by atoms with Gasteiger partial charge >= 0.3 is 0 Å². The summed E-state index contributed by atoms with van der Waals surface area (Å²) in [6.45, 7) is 2.24. The predicted octanol–water partition coefficient (Wildman–Crippen LogP) is 3.29. The van der Waals surface area contributed by atoms with Gasteiger partial charge in [0.2, 0.25) is 5.91 Å². The highest BCUT2D eigenvalue weighted by atomic mass is 32.1. The molecule has 3 unspecified atom stereocenters. The molecule has 4 rings (SSSR count). The van der Waals surface area contributed by atoms with E-state index in [1.54, 1.807) is 11.3 Å². The molecule has 0 bridgehead atoms. The Kier molecular flexibility index (Phi) is 2.93. The number of thiophene rings is 1. The van der Waals surface area contributed by atoms with Crippen molar-refractivity contribution in [1.29, 1.82) is 0 Å². The monoisotopic (exact) mass is 290 g/mol. The van der Waals surface area contributed by atoms with Gasteiger partial charge in [0, 0.05) is 10.9 Å². The van der Waals surface area contributed by atoms with Crippen molar-refractivity contribution >= 4 is 17.2 Å². The number of carbonyl (C=O) groups is 1. The molecule has 1 aromatic heterocycles. The van der Waals surface area contributed by atoms with E-state index in [2.05, 4.69) is 34.7 Å². The van der Waals surface area contributed by atoms with Gasteiger partial charge in [0.05, 0.1) is 5.54 Å². The van der Waals surface area contributed by atoms with Crippen LogP contribution in [-0.4, -0.2) is 22.4 Å². The molecule has 3 aliphatic rings. The van der Waals surface area contributed by atoms with Crippen LogP contribution in [-0.2, 0) is 4.79 Å². The third-order valence-electron chi connectivity index (χ3n) is 5.37. The Bertz CT molecular complexity index is 507. The molecule has 1 saturated heterocycles. The van der Waals surface area contributed by atoms with E-state index in [1.807, 2.05) is 0 Å². The van der Waals surface area contributed by atoms with E-state index in [9.17, 15) is 4.79 Å². The summed E-state index contributed by atoms with van der Waals surface area (Å²) in [5.74, 6) is 1.11. The normalized spacial score (nSPS) is 35.1. The molecule has 2 saturated carbocycles. The fourth-order valence-electron chi connectivity index (χ4n) is 4.10. The molecule has 108 valence electrons. The molecule has 3 fully saturated rings. The van der Waals surface area contributed by atoms with E-state index >= 15 is 0 Å². The number of nitrogens with one attached hydrogen (secondary N) is 1. The maximum Gasteiger partial charge on any atom is 0.244 e. The SMILES string of the molecule is CCC1CC1N1C(=O)C2(CCCC2)NC1c1cccs1. The molecular weight excluding hydrogens is 268 g/mol. The molecule has 2 heterocycles. The Hall–Kier alpha value is -0.870. The minimum absolute atomic E-state index is 0.127. The molecule has 1 spiro atoms. The zero-order valence-corrected chi connectivity index (χ0v) is 12.8. The average Bonchev–Trinajstić information content (AvgIpc) is 2.90. The van der Waals surface area contributed by atoms with E-state index in [0.717, 1.165) is 18.8 Å². The standard InChI is InChI=1S/C16H22N2OS/c1-2-11-10-12(11)18-14(13-6-5-9-20-13)17-16(15(18)19)7-3-4-8-16/h5-6,9,11-12,14,17H,2-4,7-8,10H2,1H3. The smallest absolute Gasteiger partial charge is 0.244 e. The van der Waals surface area contributed by atoms with Gasteiger partial charge < -0.3 is 4.90 Å². The van der Waals surface area contributed by atoms with Crippen LogP contribution in [0.4, 0.5) is 0 Å². The van der Waals surface area contributed by atoms with Crippen molar-refractivity contribution in [2.75, 3.05) is 0 Å². The van der Waals surface area contributed by atoms with Crippen LogP contribution >= 0.6 is 11.3 Å². The summed E-state index contributed by atoms with van der Waals surface area (Å²) in [7, 11) is 0. The summed E-state index contributed by atoms with van der Waals surface area (Å²) >= 11 is 1.77. The lowest BCUT2D eigenvalue weighted by Gasteiger charge is -2.24. The van der Waals surface area contributed by atoms with Gasteiger partial charge in [0.1, 0.15) is 6.17 Å². The van der Waals surface area contributed by atoms with Gasteiger partial charge in [-0.15, -0.1) is 11.3 Å². The van der Waals surface area contributed by atoms with Crippen molar-refractivity contribution < 1.29 is 4.79 Å². The summed E-state index contributed by atoms with van der Waals surface area (Å²) in [5.41, 5.74) is -0.241. The number of hydrogen-bond donors (Lipinski definition) is 1. The Morgan fingerprint density at radius 3 is 2.85 bits per heavy atom. The van der Waals surface area contributed by atoms with Gasteiger partial charge in [-0.25, -0.2) is 0 Å². The predicted molar refractivity (Wildman–Crippen MR) is 80.4 cm³/mol. The van der Waals surface area contributed by atoms with Crippen molar-refractivity contribution in [3.63, 3.8) is 0 Å². The van der Waals surface area contributed by atoms with Crippen molar-refractivity contribution in [3.8, 4) is 0 Å². The Morgan fingerprint density at radius 2 is 2.25 bits per heavy atom. The number of rotatable bonds is 3. The molecule has 1 aromatic rings. The van der Waals surface area contributed by atoms with Crippen LogP contribution in [0.15, 0.2) is 17.5 Å². The van der Waals surface area contributed by atoms with Crippen LogP contribution in [0.1, 0.15) is 56.5 Å². The highest BCUT2D eigenvalue weighted by Gasteiger charge is 2.58. The lowest BCUT2D eigenvalue weighted by molar-refractivity contribution is -0.134. The van der Waals surface area contributed by atoms with E-state index in [1.165, 1.54) is 30.6 Å². The molecule has 4 heteroatoms. The first-order chi connectivity index (χ1) is 9.75. The van der Waals surface area contributed by atoms with Gasteiger partial charge in [-0.2, -0.15) is 0 Å². The molecule has 20 heavy (non-hydrogen) atoms. The summed E-state index contributed by atoms with van der Waals surface area (Å²) in [6.07, 6.45) is 6.93. The number of hydrogen-bond acceptors (Lipinski definition) is 3. The molecule has 0 aromatic carbocycles. The lowest BCUT2D eigenvalue weighted by Crippen LogP contribution is -2.44. The molecule has 1 N–H and O–H groups in total. The first kappa shape index (κ1) is 12.8. The maximum atomic E-state index is 13.0. The van der Waals surface area contributed by atoms with Crippen LogP contribution < -0.4 is 5.32 Å². The molecule has 3 nitrogen and oxygen atoms in total. The number of carbonyl (C=O) groups excluding carboxylic acids is 1. The lowest BCUT2D eigenvalue weighted by atomic mass is 9.98. The maximum absolute atomic E-state index is 13.0.